The van der Waals surface area contributed by atoms with E-state index in [0.717, 1.165) is 5.69 Å². The normalized spacial score (nSPS) is 10.7. The third kappa shape index (κ3) is 4.98. The summed E-state index contributed by atoms with van der Waals surface area (Å²) in [4.78, 5) is 25.3. The fourth-order valence-electron chi connectivity index (χ4n) is 3.30. The van der Waals surface area contributed by atoms with Gasteiger partial charge in [-0.05, 0) is 19.9 Å². The molecule has 4 rings (SSSR count). The first-order valence-electron chi connectivity index (χ1n) is 10.5. The third-order valence-corrected chi connectivity index (χ3v) is 4.83. The summed E-state index contributed by atoms with van der Waals surface area (Å²) in [7, 11) is 3.07. The molecule has 3 aromatic heterocycles. The van der Waals surface area contributed by atoms with Crippen molar-refractivity contribution in [1.29, 1.82) is 0 Å². The fourth-order valence-corrected chi connectivity index (χ4v) is 3.30. The van der Waals surface area contributed by atoms with Crippen molar-refractivity contribution < 1.29 is 23.7 Å². The lowest BCUT2D eigenvalue weighted by atomic mass is 10.2. The lowest BCUT2D eigenvalue weighted by Gasteiger charge is -2.13. The molecule has 0 fully saturated rings. The second-order valence-electron chi connectivity index (χ2n) is 7.22. The quantitative estimate of drug-likeness (QED) is 0.382. The predicted octanol–water partition coefficient (Wildman–Crippen LogP) is 3.45. The number of hydrogen-bond donors (Lipinski definition) is 2. The number of carbonyl (C=O) groups excluding carboxylic acids is 1. The fraction of sp³-hybridized carbons (Fsp3) is 0.261. The van der Waals surface area contributed by atoms with Crippen LogP contribution in [0.3, 0.4) is 0 Å². The number of aromatic nitrogens is 5. The van der Waals surface area contributed by atoms with Crippen molar-refractivity contribution in [3.63, 3.8) is 0 Å². The molecule has 0 saturated carbocycles. The second kappa shape index (κ2) is 10.0. The lowest BCUT2D eigenvalue weighted by Crippen LogP contribution is -2.16. The van der Waals surface area contributed by atoms with Gasteiger partial charge in [0.05, 0.1) is 50.0 Å². The zero-order valence-corrected chi connectivity index (χ0v) is 19.2. The number of benzene rings is 1. The number of methoxy groups -OCH3 is 2. The number of amides is 1. The molecule has 2 N–H and O–H groups in total. The Kier molecular flexibility index (Phi) is 6.72. The maximum Gasteiger partial charge on any atom is 0.231 e. The van der Waals surface area contributed by atoms with Crippen molar-refractivity contribution in [1.82, 2.24) is 25.1 Å². The number of carbonyl (C=O) groups is 1. The molecule has 0 bridgehead atoms. The summed E-state index contributed by atoms with van der Waals surface area (Å²) in [5, 5.41) is 10.1. The minimum Gasteiger partial charge on any atom is -0.495 e. The smallest absolute Gasteiger partial charge is 0.231 e. The van der Waals surface area contributed by atoms with E-state index in [1.54, 1.807) is 31.4 Å². The van der Waals surface area contributed by atoms with Gasteiger partial charge in [0.1, 0.15) is 12.1 Å². The van der Waals surface area contributed by atoms with Crippen LogP contribution in [0, 0.1) is 6.92 Å². The van der Waals surface area contributed by atoms with Crippen molar-refractivity contribution in [2.75, 3.05) is 26.1 Å². The highest BCUT2D eigenvalue weighted by Gasteiger charge is 2.16. The Labute approximate surface area is 195 Å². The monoisotopic (exact) mass is 464 g/mol. The minimum absolute atomic E-state index is 0.00328. The van der Waals surface area contributed by atoms with E-state index in [0.29, 0.717) is 57.9 Å². The van der Waals surface area contributed by atoms with Crippen molar-refractivity contribution in [3.8, 4) is 28.9 Å². The standard InChI is InChI=1S/C23H24N6O5/c1-5-33-20-8-15-16(9-19(20)32-4)25-12-26-23(15)34-14-7-18(31-3)17(24-11-14)10-22(30)27-21-6-13(2)28-29-21/h6-9,11-12H,5,10H2,1-4H3,(H2,27,28,29,30). The number of rotatable bonds is 9. The molecule has 34 heavy (non-hydrogen) atoms. The number of hydrogen-bond acceptors (Lipinski definition) is 9. The number of nitrogens with one attached hydrogen (secondary N) is 2. The average molecular weight is 464 g/mol. The first-order valence-corrected chi connectivity index (χ1v) is 10.5. The van der Waals surface area contributed by atoms with Gasteiger partial charge in [0.25, 0.3) is 0 Å². The maximum atomic E-state index is 12.4. The van der Waals surface area contributed by atoms with Crippen LogP contribution < -0.4 is 24.3 Å². The Balaban J connectivity index is 1.57. The van der Waals surface area contributed by atoms with Crippen LogP contribution in [0.1, 0.15) is 18.3 Å². The van der Waals surface area contributed by atoms with Crippen molar-refractivity contribution in [3.05, 3.63) is 48.2 Å². The van der Waals surface area contributed by atoms with Crippen LogP contribution in [0.5, 0.6) is 28.9 Å². The molecule has 0 aliphatic rings. The Hall–Kier alpha value is -4.41. The molecule has 3 heterocycles. The third-order valence-electron chi connectivity index (χ3n) is 4.83. The van der Waals surface area contributed by atoms with Crippen LogP contribution in [-0.2, 0) is 11.2 Å². The van der Waals surface area contributed by atoms with Crippen LogP contribution >= 0.6 is 0 Å². The molecule has 0 atom stereocenters. The Bertz CT molecular complexity index is 1320. The molecular weight excluding hydrogens is 440 g/mol. The number of aryl methyl sites for hydroxylation is 1. The van der Waals surface area contributed by atoms with Crippen LogP contribution in [0.25, 0.3) is 10.9 Å². The van der Waals surface area contributed by atoms with Gasteiger partial charge in [-0.2, -0.15) is 5.10 Å². The first kappa shape index (κ1) is 22.8. The highest BCUT2D eigenvalue weighted by molar-refractivity contribution is 5.91. The molecule has 0 radical (unpaired) electrons. The van der Waals surface area contributed by atoms with Crippen molar-refractivity contribution in [2.24, 2.45) is 0 Å². The van der Waals surface area contributed by atoms with Gasteiger partial charge in [-0.3, -0.25) is 14.9 Å². The lowest BCUT2D eigenvalue weighted by molar-refractivity contribution is -0.115. The molecule has 176 valence electrons. The predicted molar refractivity (Wildman–Crippen MR) is 124 cm³/mol. The zero-order chi connectivity index (χ0) is 24.1. The molecule has 0 aliphatic heterocycles. The molecule has 11 nitrogen and oxygen atoms in total. The minimum atomic E-state index is -0.273. The summed E-state index contributed by atoms with van der Waals surface area (Å²) in [6.45, 7) is 4.21. The SMILES string of the molecule is CCOc1cc2c(Oc3cnc(CC(=O)Nc4cc(C)[nH]n4)c(OC)c3)ncnc2cc1OC. The van der Waals surface area contributed by atoms with Gasteiger partial charge in [0.15, 0.2) is 23.1 Å². The highest BCUT2D eigenvalue weighted by atomic mass is 16.5. The van der Waals surface area contributed by atoms with Gasteiger partial charge >= 0.3 is 0 Å². The van der Waals surface area contributed by atoms with E-state index in [1.807, 2.05) is 13.8 Å². The van der Waals surface area contributed by atoms with E-state index in [4.69, 9.17) is 18.9 Å². The zero-order valence-electron chi connectivity index (χ0n) is 19.2. The Morgan fingerprint density at radius 3 is 2.56 bits per heavy atom. The van der Waals surface area contributed by atoms with E-state index in [9.17, 15) is 4.79 Å². The molecular formula is C23H24N6O5. The summed E-state index contributed by atoms with van der Waals surface area (Å²) in [6.07, 6.45) is 2.91. The van der Waals surface area contributed by atoms with Crippen LogP contribution in [-0.4, -0.2) is 51.9 Å². The molecule has 0 saturated heterocycles. The number of pyridine rings is 1. The van der Waals surface area contributed by atoms with Crippen LogP contribution in [0.2, 0.25) is 0 Å². The van der Waals surface area contributed by atoms with E-state index in [-0.39, 0.29) is 12.3 Å². The van der Waals surface area contributed by atoms with Gasteiger partial charge in [0.2, 0.25) is 11.8 Å². The summed E-state index contributed by atoms with van der Waals surface area (Å²) >= 11 is 0. The Morgan fingerprint density at radius 1 is 1.03 bits per heavy atom. The first-order chi connectivity index (χ1) is 16.5. The maximum absolute atomic E-state index is 12.4. The molecule has 4 aromatic rings. The molecule has 0 aliphatic carbocycles. The number of fused-ring (bicyclic) bond motifs is 1. The van der Waals surface area contributed by atoms with E-state index >= 15 is 0 Å². The number of nitrogens with zero attached hydrogens (tertiary/aromatic N) is 4. The summed E-state index contributed by atoms with van der Waals surface area (Å²) in [5.74, 6) is 2.40. The number of ether oxygens (including phenoxy) is 4. The molecule has 1 aromatic carbocycles. The summed E-state index contributed by atoms with van der Waals surface area (Å²) < 4.78 is 22.5. The van der Waals surface area contributed by atoms with Gasteiger partial charge < -0.3 is 24.3 Å². The summed E-state index contributed by atoms with van der Waals surface area (Å²) in [5.41, 5.74) is 1.93. The Morgan fingerprint density at radius 2 is 1.85 bits per heavy atom. The number of aromatic amines is 1. The average Bonchev–Trinajstić information content (AvgIpc) is 3.24. The van der Waals surface area contributed by atoms with Crippen LogP contribution in [0.15, 0.2) is 36.8 Å². The van der Waals surface area contributed by atoms with E-state index in [2.05, 4.69) is 30.5 Å². The largest absolute Gasteiger partial charge is 0.495 e. The number of H-pyrrole nitrogens is 1. The molecule has 0 unspecified atom stereocenters. The topological polar surface area (TPSA) is 133 Å². The van der Waals surface area contributed by atoms with Gasteiger partial charge in [0, 0.05) is 23.9 Å². The van der Waals surface area contributed by atoms with E-state index < -0.39 is 0 Å². The summed E-state index contributed by atoms with van der Waals surface area (Å²) in [6, 6.07) is 6.91. The molecule has 11 heteroatoms. The second-order valence-corrected chi connectivity index (χ2v) is 7.22. The van der Waals surface area contributed by atoms with Crippen LogP contribution in [0.4, 0.5) is 5.82 Å². The van der Waals surface area contributed by atoms with Crippen molar-refractivity contribution in [2.45, 2.75) is 20.3 Å². The van der Waals surface area contributed by atoms with Gasteiger partial charge in [-0.1, -0.05) is 0 Å². The van der Waals surface area contributed by atoms with E-state index in [1.165, 1.54) is 19.6 Å². The highest BCUT2D eigenvalue weighted by Crippen LogP contribution is 2.36. The van der Waals surface area contributed by atoms with Gasteiger partial charge in [-0.25, -0.2) is 9.97 Å². The molecule has 1 amide bonds. The van der Waals surface area contributed by atoms with Crippen molar-refractivity contribution >= 4 is 22.6 Å². The number of anilines is 1. The van der Waals surface area contributed by atoms with Gasteiger partial charge in [-0.15, -0.1) is 0 Å². The molecule has 0 spiro atoms.